The molecule has 0 amide bonds. The average Bonchev–Trinajstić information content (AvgIpc) is 2.72. The van der Waals surface area contributed by atoms with Gasteiger partial charge in [-0.05, 0) is 66.5 Å². The van der Waals surface area contributed by atoms with E-state index in [0.29, 0.717) is 23.9 Å². The van der Waals surface area contributed by atoms with Gasteiger partial charge in [0.1, 0.15) is 11.6 Å². The number of rotatable bonds is 8. The minimum Gasteiger partial charge on any atom is -0.497 e. The summed E-state index contributed by atoms with van der Waals surface area (Å²) in [7, 11) is -1.69. The Morgan fingerprint density at radius 3 is 2.60 bits per heavy atom. The number of ether oxygens (including phenoxy) is 1. The highest BCUT2D eigenvalue weighted by molar-refractivity contribution is 7.57. The SMILES string of the molecule is COc1ccc(F)c(C2CCC(NCc3cccc([C@H](O)CP(C)(=O)O)c3)CC2)c1. The second kappa shape index (κ2) is 10.1. The summed E-state index contributed by atoms with van der Waals surface area (Å²) in [4.78, 5) is 9.50. The maximum atomic E-state index is 14.2. The summed E-state index contributed by atoms with van der Waals surface area (Å²) in [6.07, 6.45) is 2.68. The smallest absolute Gasteiger partial charge is 0.200 e. The van der Waals surface area contributed by atoms with Gasteiger partial charge < -0.3 is 20.1 Å². The summed E-state index contributed by atoms with van der Waals surface area (Å²) < 4.78 is 31.0. The van der Waals surface area contributed by atoms with Crippen LogP contribution in [0.2, 0.25) is 0 Å². The topological polar surface area (TPSA) is 78.8 Å². The maximum absolute atomic E-state index is 14.2. The first-order valence-corrected chi connectivity index (χ1v) is 12.7. The zero-order chi connectivity index (χ0) is 21.7. The molecule has 3 rings (SSSR count). The molecule has 0 spiro atoms. The summed E-state index contributed by atoms with van der Waals surface area (Å²) in [6, 6.07) is 12.8. The zero-order valence-corrected chi connectivity index (χ0v) is 18.4. The molecule has 0 bridgehead atoms. The van der Waals surface area contributed by atoms with E-state index in [2.05, 4.69) is 5.32 Å². The Balaban J connectivity index is 1.53. The van der Waals surface area contributed by atoms with Crippen LogP contribution in [0, 0.1) is 5.82 Å². The number of hydrogen-bond donors (Lipinski definition) is 3. The monoisotopic (exact) mass is 435 g/mol. The standard InChI is InChI=1S/C23H31FNO4P/c1-29-20-10-11-22(24)21(13-20)17-6-8-19(9-7-17)25-14-16-4-3-5-18(12-16)23(26)15-30(2,27)28/h3-5,10-13,17,19,23,25-26H,6-9,14-15H2,1-2H3,(H,27,28)/t17?,19?,23-/m1/s1. The first-order valence-electron chi connectivity index (χ1n) is 10.4. The molecule has 1 unspecified atom stereocenters. The van der Waals surface area contributed by atoms with Crippen LogP contribution in [0.5, 0.6) is 5.75 Å². The lowest BCUT2D eigenvalue weighted by atomic mass is 9.81. The molecule has 0 radical (unpaired) electrons. The molecule has 0 heterocycles. The van der Waals surface area contributed by atoms with E-state index in [1.54, 1.807) is 19.2 Å². The van der Waals surface area contributed by atoms with Crippen LogP contribution in [0.3, 0.4) is 0 Å². The van der Waals surface area contributed by atoms with E-state index in [-0.39, 0.29) is 17.9 Å². The van der Waals surface area contributed by atoms with Crippen LogP contribution in [-0.4, -0.2) is 36.0 Å². The lowest BCUT2D eigenvalue weighted by Crippen LogP contribution is -2.32. The molecule has 1 saturated carbocycles. The molecule has 1 aliphatic carbocycles. The lowest BCUT2D eigenvalue weighted by molar-refractivity contribution is 0.198. The molecular formula is C23H31FNO4P. The van der Waals surface area contributed by atoms with Gasteiger partial charge in [0.15, 0.2) is 0 Å². The van der Waals surface area contributed by atoms with Crippen molar-refractivity contribution >= 4 is 7.37 Å². The third kappa shape index (κ3) is 6.39. The van der Waals surface area contributed by atoms with Gasteiger partial charge >= 0.3 is 0 Å². The molecule has 7 heteroatoms. The van der Waals surface area contributed by atoms with Gasteiger partial charge in [-0.1, -0.05) is 24.3 Å². The molecule has 2 atom stereocenters. The Morgan fingerprint density at radius 1 is 1.20 bits per heavy atom. The van der Waals surface area contributed by atoms with Crippen LogP contribution < -0.4 is 10.1 Å². The fourth-order valence-electron chi connectivity index (χ4n) is 4.17. The average molecular weight is 435 g/mol. The normalized spacial score (nSPS) is 22.3. The Hall–Kier alpha value is -1.72. The highest BCUT2D eigenvalue weighted by Gasteiger charge is 2.25. The van der Waals surface area contributed by atoms with E-state index < -0.39 is 13.5 Å². The highest BCUT2D eigenvalue weighted by atomic mass is 31.2. The number of aliphatic hydroxyl groups is 1. The summed E-state index contributed by atoms with van der Waals surface area (Å²) in [6.45, 7) is 1.92. The second-order valence-corrected chi connectivity index (χ2v) is 10.8. The molecule has 1 aliphatic rings. The van der Waals surface area contributed by atoms with Crippen LogP contribution >= 0.6 is 7.37 Å². The molecule has 2 aromatic carbocycles. The predicted octanol–water partition coefficient (Wildman–Crippen LogP) is 4.58. The Morgan fingerprint density at radius 2 is 1.93 bits per heavy atom. The third-order valence-electron chi connectivity index (χ3n) is 5.81. The van der Waals surface area contributed by atoms with Gasteiger partial charge in [0.25, 0.3) is 0 Å². The van der Waals surface area contributed by atoms with Crippen LogP contribution in [-0.2, 0) is 11.1 Å². The van der Waals surface area contributed by atoms with Crippen LogP contribution in [0.25, 0.3) is 0 Å². The molecule has 0 aliphatic heterocycles. The van der Waals surface area contributed by atoms with Gasteiger partial charge in [0.05, 0.1) is 19.4 Å². The van der Waals surface area contributed by atoms with Crippen LogP contribution in [0.1, 0.15) is 54.4 Å². The van der Waals surface area contributed by atoms with Gasteiger partial charge in [-0.3, -0.25) is 4.57 Å². The Labute approximate surface area is 177 Å². The van der Waals surface area contributed by atoms with E-state index >= 15 is 0 Å². The van der Waals surface area contributed by atoms with E-state index in [1.165, 1.54) is 12.7 Å². The van der Waals surface area contributed by atoms with Gasteiger partial charge in [-0.15, -0.1) is 0 Å². The molecule has 0 aromatic heterocycles. The van der Waals surface area contributed by atoms with Crippen molar-refractivity contribution in [3.63, 3.8) is 0 Å². The van der Waals surface area contributed by atoms with Gasteiger partial charge in [-0.2, -0.15) is 0 Å². The van der Waals surface area contributed by atoms with Crippen molar-refractivity contribution < 1.29 is 23.7 Å². The van der Waals surface area contributed by atoms with Gasteiger partial charge in [0, 0.05) is 19.3 Å². The number of hydrogen-bond acceptors (Lipinski definition) is 4. The zero-order valence-electron chi connectivity index (χ0n) is 17.6. The summed E-state index contributed by atoms with van der Waals surface area (Å²) >= 11 is 0. The third-order valence-corrected chi connectivity index (χ3v) is 6.84. The largest absolute Gasteiger partial charge is 0.497 e. The predicted molar refractivity (Wildman–Crippen MR) is 117 cm³/mol. The Bertz CT molecular complexity index is 893. The lowest BCUT2D eigenvalue weighted by Gasteiger charge is -2.30. The molecule has 30 heavy (non-hydrogen) atoms. The molecule has 1 fully saturated rings. The second-order valence-electron chi connectivity index (χ2n) is 8.31. The molecular weight excluding hydrogens is 404 g/mol. The summed E-state index contributed by atoms with van der Waals surface area (Å²) in [5, 5.41) is 13.8. The molecule has 5 nitrogen and oxygen atoms in total. The number of nitrogens with one attached hydrogen (secondary N) is 1. The quantitative estimate of drug-likeness (QED) is 0.529. The van der Waals surface area contributed by atoms with Crippen molar-refractivity contribution in [1.82, 2.24) is 5.32 Å². The van der Waals surface area contributed by atoms with E-state index in [4.69, 9.17) is 4.74 Å². The van der Waals surface area contributed by atoms with Crippen LogP contribution in [0.4, 0.5) is 4.39 Å². The fraction of sp³-hybridized carbons (Fsp3) is 0.478. The number of methoxy groups -OCH3 is 1. The maximum Gasteiger partial charge on any atom is 0.200 e. The van der Waals surface area contributed by atoms with Crippen molar-refractivity contribution in [2.45, 2.75) is 50.3 Å². The van der Waals surface area contributed by atoms with Crippen molar-refractivity contribution in [3.8, 4) is 5.75 Å². The number of benzene rings is 2. The number of halogens is 1. The Kier molecular flexibility index (Phi) is 7.70. The van der Waals surface area contributed by atoms with Crippen molar-refractivity contribution in [1.29, 1.82) is 0 Å². The fourth-order valence-corrected chi connectivity index (χ4v) is 5.02. The minimum absolute atomic E-state index is 0.144. The summed E-state index contributed by atoms with van der Waals surface area (Å²) in [5.41, 5.74) is 2.42. The minimum atomic E-state index is -3.28. The number of aliphatic hydroxyl groups excluding tert-OH is 1. The van der Waals surface area contributed by atoms with Crippen LogP contribution in [0.15, 0.2) is 42.5 Å². The molecule has 0 saturated heterocycles. The van der Waals surface area contributed by atoms with Crippen molar-refractivity contribution in [2.75, 3.05) is 19.9 Å². The van der Waals surface area contributed by atoms with E-state index in [1.807, 2.05) is 24.3 Å². The van der Waals surface area contributed by atoms with Crippen molar-refractivity contribution in [3.05, 3.63) is 65.0 Å². The van der Waals surface area contributed by atoms with Crippen molar-refractivity contribution in [2.24, 2.45) is 0 Å². The van der Waals surface area contributed by atoms with E-state index in [9.17, 15) is 19.0 Å². The first kappa shape index (κ1) is 23.0. The molecule has 164 valence electrons. The molecule has 3 N–H and O–H groups in total. The highest BCUT2D eigenvalue weighted by Crippen LogP contribution is 2.40. The molecule has 2 aromatic rings. The first-order chi connectivity index (χ1) is 14.2. The van der Waals surface area contributed by atoms with Gasteiger partial charge in [0.2, 0.25) is 7.37 Å². The van der Waals surface area contributed by atoms with Gasteiger partial charge in [-0.25, -0.2) is 4.39 Å². The van der Waals surface area contributed by atoms with E-state index in [0.717, 1.165) is 36.8 Å². The summed E-state index contributed by atoms with van der Waals surface area (Å²) in [5.74, 6) is 0.733.